The van der Waals surface area contributed by atoms with E-state index < -0.39 is 17.9 Å². The predicted octanol–water partition coefficient (Wildman–Crippen LogP) is 1.92. The second-order valence-electron chi connectivity index (χ2n) is 4.75. The molecule has 0 saturated carbocycles. The minimum atomic E-state index is -0.972. The molecule has 2 N–H and O–H groups in total. The summed E-state index contributed by atoms with van der Waals surface area (Å²) in [7, 11) is 0. The van der Waals surface area contributed by atoms with Crippen molar-refractivity contribution < 1.29 is 19.8 Å². The highest BCUT2D eigenvalue weighted by Gasteiger charge is 2.20. The first-order valence-corrected chi connectivity index (χ1v) is 6.08. The predicted molar refractivity (Wildman–Crippen MR) is 72.6 cm³/mol. The lowest BCUT2D eigenvalue weighted by atomic mass is 10.1. The number of rotatable bonds is 6. The molecular weight excluding hydrogens is 246 g/mol. The first-order valence-electron chi connectivity index (χ1n) is 6.08. The molecule has 1 aromatic rings. The number of carboxylic acid groups (broad SMARTS) is 2. The van der Waals surface area contributed by atoms with Crippen molar-refractivity contribution in [1.82, 2.24) is 0 Å². The molecule has 1 aromatic carbocycles. The van der Waals surface area contributed by atoms with Crippen LogP contribution in [0.2, 0.25) is 0 Å². The average Bonchev–Trinajstić information content (AvgIpc) is 2.27. The molecule has 0 bridgehead atoms. The molecule has 0 aromatic heterocycles. The van der Waals surface area contributed by atoms with Gasteiger partial charge < -0.3 is 15.1 Å². The van der Waals surface area contributed by atoms with E-state index in [1.165, 1.54) is 0 Å². The maximum absolute atomic E-state index is 11.0. The fraction of sp³-hybridized carbons (Fsp3) is 0.429. The summed E-state index contributed by atoms with van der Waals surface area (Å²) in [6, 6.07) is 5.68. The van der Waals surface area contributed by atoms with Crippen LogP contribution in [-0.2, 0) is 9.59 Å². The van der Waals surface area contributed by atoms with Crippen molar-refractivity contribution in [3.8, 4) is 0 Å². The summed E-state index contributed by atoms with van der Waals surface area (Å²) >= 11 is 0. The zero-order valence-electron chi connectivity index (χ0n) is 11.4. The molecule has 0 aliphatic rings. The smallest absolute Gasteiger partial charge is 0.323 e. The third kappa shape index (κ3) is 3.98. The van der Waals surface area contributed by atoms with Gasteiger partial charge in [-0.2, -0.15) is 0 Å². The summed E-state index contributed by atoms with van der Waals surface area (Å²) in [6.45, 7) is 5.33. The number of aryl methyl sites for hydroxylation is 2. The number of benzene rings is 1. The number of para-hydroxylation sites is 1. The van der Waals surface area contributed by atoms with Crippen molar-refractivity contribution in [2.45, 2.75) is 20.8 Å². The van der Waals surface area contributed by atoms with Crippen LogP contribution in [-0.4, -0.2) is 35.2 Å². The van der Waals surface area contributed by atoms with Crippen molar-refractivity contribution >= 4 is 17.6 Å². The van der Waals surface area contributed by atoms with E-state index in [9.17, 15) is 9.59 Å². The quantitative estimate of drug-likeness (QED) is 0.821. The third-order valence-corrected chi connectivity index (χ3v) is 3.00. The van der Waals surface area contributed by atoms with Gasteiger partial charge in [0.15, 0.2) is 0 Å². The summed E-state index contributed by atoms with van der Waals surface area (Å²) in [5.74, 6) is -2.53. The molecule has 0 aliphatic heterocycles. The molecule has 0 radical (unpaired) electrons. The van der Waals surface area contributed by atoms with Crippen LogP contribution in [0.5, 0.6) is 0 Å². The van der Waals surface area contributed by atoms with Crippen LogP contribution in [0.15, 0.2) is 18.2 Å². The van der Waals surface area contributed by atoms with Crippen molar-refractivity contribution in [2.24, 2.45) is 5.92 Å². The molecular formula is C14H19NO4. The first-order chi connectivity index (χ1) is 8.82. The van der Waals surface area contributed by atoms with Gasteiger partial charge in [-0.25, -0.2) is 0 Å². The Bertz CT molecular complexity index is 464. The molecule has 0 spiro atoms. The van der Waals surface area contributed by atoms with Crippen molar-refractivity contribution in [3.63, 3.8) is 0 Å². The Morgan fingerprint density at radius 2 is 1.74 bits per heavy atom. The van der Waals surface area contributed by atoms with Crippen LogP contribution < -0.4 is 4.90 Å². The number of nitrogens with zero attached hydrogens (tertiary/aromatic N) is 1. The average molecular weight is 265 g/mol. The molecule has 0 aliphatic carbocycles. The third-order valence-electron chi connectivity index (χ3n) is 3.00. The van der Waals surface area contributed by atoms with E-state index in [4.69, 9.17) is 10.2 Å². The molecule has 19 heavy (non-hydrogen) atoms. The molecule has 0 heterocycles. The van der Waals surface area contributed by atoms with Crippen molar-refractivity contribution in [2.75, 3.05) is 18.0 Å². The fourth-order valence-electron chi connectivity index (χ4n) is 2.11. The maximum Gasteiger partial charge on any atom is 0.323 e. The summed E-state index contributed by atoms with van der Waals surface area (Å²) in [4.78, 5) is 23.5. The van der Waals surface area contributed by atoms with E-state index in [-0.39, 0.29) is 13.1 Å². The topological polar surface area (TPSA) is 77.8 Å². The van der Waals surface area contributed by atoms with Crippen LogP contribution >= 0.6 is 0 Å². The Morgan fingerprint density at radius 3 is 2.16 bits per heavy atom. The normalized spacial score (nSPS) is 11.9. The molecule has 1 unspecified atom stereocenters. The van der Waals surface area contributed by atoms with Crippen LogP contribution in [0.4, 0.5) is 5.69 Å². The molecule has 0 saturated heterocycles. The van der Waals surface area contributed by atoms with Gasteiger partial charge >= 0.3 is 11.9 Å². The lowest BCUT2D eigenvalue weighted by Gasteiger charge is -2.28. The number of carboxylic acids is 2. The van der Waals surface area contributed by atoms with E-state index in [2.05, 4.69) is 0 Å². The van der Waals surface area contributed by atoms with Gasteiger partial charge in [0.05, 0.1) is 5.92 Å². The monoisotopic (exact) mass is 265 g/mol. The zero-order chi connectivity index (χ0) is 14.6. The van der Waals surface area contributed by atoms with Gasteiger partial charge in [-0.05, 0) is 25.0 Å². The highest BCUT2D eigenvalue weighted by molar-refractivity contribution is 5.76. The summed E-state index contributed by atoms with van der Waals surface area (Å²) in [5, 5.41) is 18.0. The summed E-state index contributed by atoms with van der Waals surface area (Å²) < 4.78 is 0. The molecule has 1 atom stereocenters. The van der Waals surface area contributed by atoms with Gasteiger partial charge in [0.2, 0.25) is 0 Å². The number of hydrogen-bond donors (Lipinski definition) is 2. The van der Waals surface area contributed by atoms with Crippen LogP contribution in [0.3, 0.4) is 0 Å². The lowest BCUT2D eigenvalue weighted by molar-refractivity contribution is -0.141. The maximum atomic E-state index is 11.0. The largest absolute Gasteiger partial charge is 0.481 e. The first kappa shape index (κ1) is 15.0. The van der Waals surface area contributed by atoms with Crippen molar-refractivity contribution in [3.05, 3.63) is 29.3 Å². The van der Waals surface area contributed by atoms with E-state index in [0.29, 0.717) is 0 Å². The zero-order valence-corrected chi connectivity index (χ0v) is 11.4. The van der Waals surface area contributed by atoms with Gasteiger partial charge in [0.25, 0.3) is 0 Å². The fourth-order valence-corrected chi connectivity index (χ4v) is 2.11. The Balaban J connectivity index is 3.09. The minimum Gasteiger partial charge on any atom is -0.481 e. The van der Waals surface area contributed by atoms with Crippen LogP contribution in [0, 0.1) is 19.8 Å². The van der Waals surface area contributed by atoms with E-state index in [0.717, 1.165) is 16.8 Å². The van der Waals surface area contributed by atoms with Gasteiger partial charge in [-0.3, -0.25) is 9.59 Å². The highest BCUT2D eigenvalue weighted by Crippen LogP contribution is 2.25. The van der Waals surface area contributed by atoms with Crippen LogP contribution in [0.1, 0.15) is 18.1 Å². The second kappa shape index (κ2) is 6.22. The Morgan fingerprint density at radius 1 is 1.21 bits per heavy atom. The van der Waals surface area contributed by atoms with Gasteiger partial charge in [0, 0.05) is 12.2 Å². The number of aliphatic carboxylic acids is 2. The molecule has 0 amide bonds. The number of carbonyl (C=O) groups is 2. The molecule has 104 valence electrons. The number of hydrogen-bond acceptors (Lipinski definition) is 3. The SMILES string of the molecule is Cc1cccc(C)c1N(CC(=O)O)CC(C)C(=O)O. The minimum absolute atomic E-state index is 0.174. The Kier molecular flexibility index (Phi) is 4.92. The van der Waals surface area contributed by atoms with E-state index >= 15 is 0 Å². The summed E-state index contributed by atoms with van der Waals surface area (Å²) in [6.07, 6.45) is 0. The van der Waals surface area contributed by atoms with Gasteiger partial charge in [-0.1, -0.05) is 25.1 Å². The number of anilines is 1. The Hall–Kier alpha value is -2.04. The van der Waals surface area contributed by atoms with Crippen LogP contribution in [0.25, 0.3) is 0 Å². The highest BCUT2D eigenvalue weighted by atomic mass is 16.4. The van der Waals surface area contributed by atoms with Crippen molar-refractivity contribution in [1.29, 1.82) is 0 Å². The molecule has 1 rings (SSSR count). The van der Waals surface area contributed by atoms with Gasteiger partial charge in [-0.15, -0.1) is 0 Å². The molecule has 5 nitrogen and oxygen atoms in total. The Labute approximate surface area is 112 Å². The van der Waals surface area contributed by atoms with E-state index in [1.807, 2.05) is 32.0 Å². The molecule has 5 heteroatoms. The van der Waals surface area contributed by atoms with Gasteiger partial charge in [0.1, 0.15) is 6.54 Å². The molecule has 0 fully saturated rings. The van der Waals surface area contributed by atoms with E-state index in [1.54, 1.807) is 11.8 Å². The lowest BCUT2D eigenvalue weighted by Crippen LogP contribution is -2.36. The second-order valence-corrected chi connectivity index (χ2v) is 4.75. The standard InChI is InChI=1S/C14H19NO4/c1-9-5-4-6-10(2)13(9)15(8-12(16)17)7-11(3)14(18)19/h4-6,11H,7-8H2,1-3H3,(H,16,17)(H,18,19). The summed E-state index contributed by atoms with van der Waals surface area (Å²) in [5.41, 5.74) is 2.69.